The molecule has 0 atom stereocenters. The highest BCUT2D eigenvalue weighted by Crippen LogP contribution is 2.44. The van der Waals surface area contributed by atoms with Crippen LogP contribution in [0.15, 0.2) is 30.3 Å². The first-order valence-electron chi connectivity index (χ1n) is 12.2. The fourth-order valence-electron chi connectivity index (χ4n) is 4.62. The molecule has 1 N–H and O–H groups in total. The number of halogens is 1. The zero-order valence-corrected chi connectivity index (χ0v) is 22.5. The molecule has 0 saturated carbocycles. The van der Waals surface area contributed by atoms with Gasteiger partial charge < -0.3 is 19.3 Å². The maximum atomic E-state index is 13.2. The monoisotopic (exact) mass is 484 g/mol. The van der Waals surface area contributed by atoms with Gasteiger partial charge in [0.2, 0.25) is 0 Å². The molecule has 0 aliphatic carbocycles. The Kier molecular flexibility index (Phi) is 9.90. The van der Waals surface area contributed by atoms with Crippen molar-refractivity contribution in [3.05, 3.63) is 52.7 Å². The number of benzene rings is 2. The molecule has 0 amide bonds. The van der Waals surface area contributed by atoms with Gasteiger partial charge in [-0.3, -0.25) is 4.79 Å². The second-order valence-corrected chi connectivity index (χ2v) is 9.93. The van der Waals surface area contributed by atoms with Crippen molar-refractivity contribution in [1.82, 2.24) is 4.57 Å². The van der Waals surface area contributed by atoms with Crippen molar-refractivity contribution in [2.75, 3.05) is 31.8 Å². The van der Waals surface area contributed by atoms with Crippen molar-refractivity contribution < 1.29 is 19.0 Å². The van der Waals surface area contributed by atoms with Gasteiger partial charge in [0.15, 0.2) is 0 Å². The van der Waals surface area contributed by atoms with Crippen molar-refractivity contribution in [3.63, 3.8) is 0 Å². The zero-order valence-electron chi connectivity index (χ0n) is 22.5. The Morgan fingerprint density at radius 3 is 2.17 bits per heavy atom. The smallest absolute Gasteiger partial charge is 0.292 e. The Bertz CT molecular complexity index is 1120. The number of aromatic nitrogens is 1. The molecule has 0 saturated heterocycles. The summed E-state index contributed by atoms with van der Waals surface area (Å²) in [5, 5.41) is 9.83. The summed E-state index contributed by atoms with van der Waals surface area (Å²) in [6, 6.07) is 11.2. The molecule has 0 spiro atoms. The molecule has 0 fully saturated rings. The number of carbonyl (C=O) groups is 1. The number of alkyl halides is 1. The summed E-state index contributed by atoms with van der Waals surface area (Å²) >= 11 is 0. The van der Waals surface area contributed by atoms with E-state index < -0.39 is 5.60 Å². The van der Waals surface area contributed by atoms with E-state index in [1.54, 1.807) is 20.8 Å². The number of methoxy groups -OCH3 is 1. The van der Waals surface area contributed by atoms with Gasteiger partial charge in [-0.05, 0) is 76.3 Å². The molecule has 35 heavy (non-hydrogen) atoms. The van der Waals surface area contributed by atoms with Crippen LogP contribution in [0, 0.1) is 20.8 Å². The Morgan fingerprint density at radius 1 is 1.11 bits per heavy atom. The van der Waals surface area contributed by atoms with Crippen LogP contribution >= 0.6 is 0 Å². The second kappa shape index (κ2) is 12.2. The van der Waals surface area contributed by atoms with E-state index in [0.717, 1.165) is 19.5 Å². The van der Waals surface area contributed by atoms with Crippen molar-refractivity contribution in [2.45, 2.75) is 67.0 Å². The zero-order chi connectivity index (χ0) is 26.3. The average Bonchev–Trinajstić information content (AvgIpc) is 3.13. The highest BCUT2D eigenvalue weighted by molar-refractivity contribution is 6.06. The van der Waals surface area contributed by atoms with E-state index >= 15 is 0 Å². The number of hydrogen-bond acceptors (Lipinski definition) is 4. The van der Waals surface area contributed by atoms with Crippen molar-refractivity contribution in [2.24, 2.45) is 0 Å². The summed E-state index contributed by atoms with van der Waals surface area (Å²) < 4.78 is 19.5. The van der Waals surface area contributed by atoms with Gasteiger partial charge in [-0.25, -0.2) is 4.39 Å². The van der Waals surface area contributed by atoms with Crippen LogP contribution in [-0.2, 0) is 22.5 Å². The molecule has 0 bridgehead atoms. The normalized spacial score (nSPS) is 12.5. The van der Waals surface area contributed by atoms with Gasteiger partial charge in [0, 0.05) is 30.7 Å². The molecular weight excluding hydrogens is 443 g/mol. The maximum absolute atomic E-state index is 13.2. The number of ether oxygens (including phenoxy) is 1. The molecule has 1 aliphatic heterocycles. The molecular formula is C29H41FN2O3. The summed E-state index contributed by atoms with van der Waals surface area (Å²) in [4.78, 5) is 11.2. The van der Waals surface area contributed by atoms with Gasteiger partial charge in [0.1, 0.15) is 6.67 Å². The first kappa shape index (κ1) is 28.4. The minimum Gasteiger partial charge on any atom is -0.471 e. The van der Waals surface area contributed by atoms with Gasteiger partial charge in [-0.1, -0.05) is 36.8 Å². The van der Waals surface area contributed by atoms with E-state index in [-0.39, 0.29) is 6.67 Å². The van der Waals surface area contributed by atoms with E-state index in [0.29, 0.717) is 13.0 Å². The third-order valence-corrected chi connectivity index (χ3v) is 5.96. The predicted octanol–water partition coefficient (Wildman–Crippen LogP) is 6.15. The Balaban J connectivity index is 0.000000414. The molecule has 192 valence electrons. The summed E-state index contributed by atoms with van der Waals surface area (Å²) in [7, 11) is 1.31. The Morgan fingerprint density at radius 2 is 1.69 bits per heavy atom. The van der Waals surface area contributed by atoms with Gasteiger partial charge >= 0.3 is 0 Å². The molecule has 0 unspecified atom stereocenters. The number of aliphatic hydroxyl groups is 1. The van der Waals surface area contributed by atoms with Crippen LogP contribution in [-0.4, -0.2) is 48.6 Å². The van der Waals surface area contributed by atoms with Crippen LogP contribution in [0.2, 0.25) is 0 Å². The average molecular weight is 485 g/mol. The molecule has 2 aromatic carbocycles. The lowest BCUT2D eigenvalue weighted by Crippen LogP contribution is -2.34. The molecule has 6 heteroatoms. The first-order chi connectivity index (χ1) is 16.5. The summed E-state index contributed by atoms with van der Waals surface area (Å²) in [5.74, 6) is 0. The Labute approximate surface area is 209 Å². The minimum absolute atomic E-state index is 0.304. The van der Waals surface area contributed by atoms with Crippen LogP contribution < -0.4 is 4.90 Å². The standard InChI is InChI=1S/C23H27FN2.C4H10O.C2H4O2/c1-5-19-17(4)22-23-20(21(19)18-8-6-15(2)7-9-18)14-16(3)26(23)13-12-25(22)11-10-24;1-4(2,3)5;1-4-2-3/h6-9,14H,5,10-13H2,1-4H3;5H,1-3H3;2H,1H3. The molecule has 3 aromatic rings. The minimum atomic E-state index is -0.500. The van der Waals surface area contributed by atoms with E-state index in [2.05, 4.69) is 72.2 Å². The number of anilines is 1. The lowest BCUT2D eigenvalue weighted by atomic mass is 9.89. The predicted molar refractivity (Wildman–Crippen MR) is 144 cm³/mol. The fraction of sp³-hybridized carbons (Fsp3) is 0.483. The van der Waals surface area contributed by atoms with E-state index in [9.17, 15) is 4.39 Å². The summed E-state index contributed by atoms with van der Waals surface area (Å²) in [5.41, 5.74) is 9.93. The van der Waals surface area contributed by atoms with Crippen molar-refractivity contribution in [3.8, 4) is 11.1 Å². The SMILES string of the molecule is CC(C)(C)O.CCc1c(C)c2c3c(cc(C)n3CCN2CCF)c1-c1ccc(C)cc1.COC=O. The van der Waals surface area contributed by atoms with E-state index in [1.807, 2.05) is 0 Å². The van der Waals surface area contributed by atoms with E-state index in [1.165, 1.54) is 57.2 Å². The lowest BCUT2D eigenvalue weighted by Gasteiger charge is -2.33. The van der Waals surface area contributed by atoms with E-state index in [4.69, 9.17) is 9.90 Å². The number of nitrogens with zero attached hydrogens (tertiary/aromatic N) is 2. The quantitative estimate of drug-likeness (QED) is 0.441. The summed E-state index contributed by atoms with van der Waals surface area (Å²) in [6.07, 6.45) is 0.978. The summed E-state index contributed by atoms with van der Waals surface area (Å²) in [6.45, 7) is 16.4. The number of carbonyl (C=O) groups excluding carboxylic acids is 1. The highest BCUT2D eigenvalue weighted by atomic mass is 19.1. The lowest BCUT2D eigenvalue weighted by molar-refractivity contribution is -0.126. The number of hydrogen-bond donors (Lipinski definition) is 1. The molecule has 2 heterocycles. The Hall–Kier alpha value is -2.86. The second-order valence-electron chi connectivity index (χ2n) is 9.93. The van der Waals surface area contributed by atoms with Crippen LogP contribution in [0.3, 0.4) is 0 Å². The van der Waals surface area contributed by atoms with Crippen LogP contribution in [0.1, 0.15) is 50.1 Å². The van der Waals surface area contributed by atoms with Gasteiger partial charge in [-0.15, -0.1) is 0 Å². The van der Waals surface area contributed by atoms with Crippen LogP contribution in [0.5, 0.6) is 0 Å². The van der Waals surface area contributed by atoms with Gasteiger partial charge in [-0.2, -0.15) is 0 Å². The number of aryl methyl sites for hydroxylation is 2. The number of rotatable bonds is 5. The largest absolute Gasteiger partial charge is 0.471 e. The molecule has 4 rings (SSSR count). The topological polar surface area (TPSA) is 54.7 Å². The highest BCUT2D eigenvalue weighted by Gasteiger charge is 2.27. The van der Waals surface area contributed by atoms with Crippen LogP contribution in [0.25, 0.3) is 22.0 Å². The fourth-order valence-corrected chi connectivity index (χ4v) is 4.62. The van der Waals surface area contributed by atoms with Gasteiger partial charge in [0.05, 0.1) is 23.9 Å². The van der Waals surface area contributed by atoms with Crippen LogP contribution in [0.4, 0.5) is 10.1 Å². The van der Waals surface area contributed by atoms with Gasteiger partial charge in [0.25, 0.3) is 6.47 Å². The first-order valence-corrected chi connectivity index (χ1v) is 12.2. The molecule has 0 radical (unpaired) electrons. The molecule has 1 aromatic heterocycles. The van der Waals surface area contributed by atoms with Crippen molar-refractivity contribution >= 4 is 23.1 Å². The third-order valence-electron chi connectivity index (χ3n) is 5.96. The molecule has 5 nitrogen and oxygen atoms in total. The maximum Gasteiger partial charge on any atom is 0.292 e. The van der Waals surface area contributed by atoms with Crippen molar-refractivity contribution in [1.29, 1.82) is 0 Å². The molecule has 1 aliphatic rings. The third kappa shape index (κ3) is 6.85.